The van der Waals surface area contributed by atoms with E-state index in [0.717, 1.165) is 31.5 Å². The lowest BCUT2D eigenvalue weighted by Crippen LogP contribution is -2.47. The first-order chi connectivity index (χ1) is 13.6. The number of hydrogen-bond donors (Lipinski definition) is 3. The van der Waals surface area contributed by atoms with Crippen molar-refractivity contribution in [2.24, 2.45) is 4.99 Å². The van der Waals surface area contributed by atoms with E-state index in [1.54, 1.807) is 19.2 Å². The van der Waals surface area contributed by atoms with Gasteiger partial charge in [0.15, 0.2) is 5.96 Å². The summed E-state index contributed by atoms with van der Waals surface area (Å²) in [4.78, 5) is 18.9. The Bertz CT molecular complexity index is 681. The number of halogens is 2. The van der Waals surface area contributed by atoms with Gasteiger partial charge < -0.3 is 16.0 Å². The van der Waals surface area contributed by atoms with E-state index in [4.69, 9.17) is 0 Å². The molecule has 2 fully saturated rings. The Morgan fingerprint density at radius 2 is 1.97 bits per heavy atom. The Hall–Kier alpha value is -1.42. The fourth-order valence-corrected chi connectivity index (χ4v) is 4.17. The van der Waals surface area contributed by atoms with Crippen LogP contribution in [0.5, 0.6) is 0 Å². The molecule has 0 aromatic heterocycles. The van der Waals surface area contributed by atoms with Crippen molar-refractivity contribution in [1.82, 2.24) is 20.9 Å². The monoisotopic (exact) mass is 517 g/mol. The van der Waals surface area contributed by atoms with Crippen LogP contribution >= 0.6 is 24.0 Å². The summed E-state index contributed by atoms with van der Waals surface area (Å²) in [5, 5.41) is 9.60. The van der Waals surface area contributed by atoms with E-state index in [1.807, 2.05) is 0 Å². The summed E-state index contributed by atoms with van der Waals surface area (Å²) < 4.78 is 13.2. The predicted octanol–water partition coefficient (Wildman–Crippen LogP) is 2.28. The molecule has 6 nitrogen and oxygen atoms in total. The van der Waals surface area contributed by atoms with Crippen LogP contribution in [0.4, 0.5) is 4.39 Å². The number of benzene rings is 1. The van der Waals surface area contributed by atoms with Crippen molar-refractivity contribution in [2.45, 2.75) is 50.6 Å². The van der Waals surface area contributed by atoms with Crippen LogP contribution in [0.2, 0.25) is 0 Å². The standard InChI is InChI=1S/C21H32FN5O.HI/c1-23-21(26-18-9-12-27(15-18)19-7-2-3-8-19)25-11-10-24-20(28)14-16-5-4-6-17(22)13-16;/h4-6,13,18-19H,2-3,7-12,14-15H2,1H3,(H,24,28)(H2,23,25,26);1H. The molecule has 1 aliphatic heterocycles. The number of amides is 1. The van der Waals surface area contributed by atoms with Crippen molar-refractivity contribution in [2.75, 3.05) is 33.2 Å². The molecule has 8 heteroatoms. The lowest BCUT2D eigenvalue weighted by atomic mass is 10.1. The van der Waals surface area contributed by atoms with Gasteiger partial charge in [0.2, 0.25) is 5.91 Å². The minimum atomic E-state index is -0.319. The molecular weight excluding hydrogens is 484 g/mol. The number of nitrogens with one attached hydrogen (secondary N) is 3. The zero-order valence-electron chi connectivity index (χ0n) is 17.1. The van der Waals surface area contributed by atoms with Gasteiger partial charge >= 0.3 is 0 Å². The van der Waals surface area contributed by atoms with Gasteiger partial charge in [-0.1, -0.05) is 25.0 Å². The third-order valence-electron chi connectivity index (χ3n) is 5.62. The molecule has 1 aromatic carbocycles. The number of aliphatic imine (C=N–C) groups is 1. The maximum Gasteiger partial charge on any atom is 0.224 e. The molecule has 1 heterocycles. The molecule has 0 radical (unpaired) electrons. The fraction of sp³-hybridized carbons (Fsp3) is 0.619. The second-order valence-electron chi connectivity index (χ2n) is 7.72. The quantitative estimate of drug-likeness (QED) is 0.225. The van der Waals surface area contributed by atoms with Crippen LogP contribution in [-0.4, -0.2) is 62.1 Å². The highest BCUT2D eigenvalue weighted by molar-refractivity contribution is 14.0. The average Bonchev–Trinajstić information content (AvgIpc) is 3.35. The average molecular weight is 517 g/mol. The summed E-state index contributed by atoms with van der Waals surface area (Å²) in [6.07, 6.45) is 6.75. The zero-order chi connectivity index (χ0) is 19.8. The van der Waals surface area contributed by atoms with Crippen LogP contribution < -0.4 is 16.0 Å². The van der Waals surface area contributed by atoms with Gasteiger partial charge in [0.05, 0.1) is 6.42 Å². The normalized spacial score (nSPS) is 20.3. The summed E-state index contributed by atoms with van der Waals surface area (Å²) >= 11 is 0. The van der Waals surface area contributed by atoms with Gasteiger partial charge in [-0.15, -0.1) is 24.0 Å². The maximum absolute atomic E-state index is 13.2. The number of guanidine groups is 1. The van der Waals surface area contributed by atoms with Gasteiger partial charge in [0.1, 0.15) is 5.82 Å². The summed E-state index contributed by atoms with van der Waals surface area (Å²) in [5.74, 6) is 0.344. The van der Waals surface area contributed by atoms with Crippen molar-refractivity contribution in [3.63, 3.8) is 0 Å². The molecule has 0 bridgehead atoms. The number of nitrogens with zero attached hydrogens (tertiary/aromatic N) is 2. The van der Waals surface area contributed by atoms with Crippen molar-refractivity contribution in [1.29, 1.82) is 0 Å². The fourth-order valence-electron chi connectivity index (χ4n) is 4.17. The Kier molecular flexibility index (Phi) is 10.1. The van der Waals surface area contributed by atoms with Crippen LogP contribution in [0.15, 0.2) is 29.3 Å². The lowest BCUT2D eigenvalue weighted by Gasteiger charge is -2.24. The van der Waals surface area contributed by atoms with E-state index in [1.165, 1.54) is 37.8 Å². The Balaban J connectivity index is 0.00000300. The Morgan fingerprint density at radius 3 is 2.69 bits per heavy atom. The largest absolute Gasteiger partial charge is 0.355 e. The molecule has 1 aliphatic carbocycles. The van der Waals surface area contributed by atoms with E-state index >= 15 is 0 Å². The van der Waals surface area contributed by atoms with Crippen molar-refractivity contribution in [3.8, 4) is 0 Å². The number of carbonyl (C=O) groups is 1. The second kappa shape index (κ2) is 12.3. The van der Waals surface area contributed by atoms with Crippen LogP contribution in [0.3, 0.4) is 0 Å². The first-order valence-corrected chi connectivity index (χ1v) is 10.4. The van der Waals surface area contributed by atoms with E-state index in [2.05, 4.69) is 25.8 Å². The molecule has 1 aromatic rings. The third-order valence-corrected chi connectivity index (χ3v) is 5.62. The highest BCUT2D eigenvalue weighted by atomic mass is 127. The maximum atomic E-state index is 13.2. The van der Waals surface area contributed by atoms with E-state index in [9.17, 15) is 9.18 Å². The SMILES string of the molecule is CN=C(NCCNC(=O)Cc1cccc(F)c1)NC1CCN(C2CCCC2)C1.I. The van der Waals surface area contributed by atoms with Crippen LogP contribution in [0.25, 0.3) is 0 Å². The predicted molar refractivity (Wildman–Crippen MR) is 125 cm³/mol. The smallest absolute Gasteiger partial charge is 0.224 e. The summed E-state index contributed by atoms with van der Waals surface area (Å²) in [6.45, 7) is 3.33. The Morgan fingerprint density at radius 1 is 1.21 bits per heavy atom. The molecule has 3 N–H and O–H groups in total. The minimum absolute atomic E-state index is 0. The van der Waals surface area contributed by atoms with Gasteiger partial charge in [0, 0.05) is 45.3 Å². The molecule has 29 heavy (non-hydrogen) atoms. The number of hydrogen-bond acceptors (Lipinski definition) is 3. The zero-order valence-corrected chi connectivity index (χ0v) is 19.5. The highest BCUT2D eigenvalue weighted by Crippen LogP contribution is 2.26. The van der Waals surface area contributed by atoms with Crippen LogP contribution in [0, 0.1) is 5.82 Å². The molecule has 1 saturated heterocycles. The van der Waals surface area contributed by atoms with Gasteiger partial charge in [-0.2, -0.15) is 0 Å². The molecule has 0 spiro atoms. The Labute approximate surface area is 190 Å². The van der Waals surface area contributed by atoms with Gasteiger partial charge in [-0.05, 0) is 37.0 Å². The van der Waals surface area contributed by atoms with E-state index in [-0.39, 0.29) is 42.1 Å². The lowest BCUT2D eigenvalue weighted by molar-refractivity contribution is -0.120. The van der Waals surface area contributed by atoms with Crippen LogP contribution in [0.1, 0.15) is 37.7 Å². The number of likely N-dealkylation sites (tertiary alicyclic amines) is 1. The van der Waals surface area contributed by atoms with Gasteiger partial charge in [-0.25, -0.2) is 4.39 Å². The van der Waals surface area contributed by atoms with Crippen LogP contribution in [-0.2, 0) is 11.2 Å². The summed E-state index contributed by atoms with van der Waals surface area (Å²) in [7, 11) is 1.77. The molecular formula is C21H33FIN5O. The summed E-state index contributed by atoms with van der Waals surface area (Å²) in [5.41, 5.74) is 0.677. The molecule has 2 aliphatic rings. The van der Waals surface area contributed by atoms with E-state index in [0.29, 0.717) is 24.7 Å². The van der Waals surface area contributed by atoms with Gasteiger partial charge in [0.25, 0.3) is 0 Å². The topological polar surface area (TPSA) is 68.8 Å². The molecule has 162 valence electrons. The van der Waals surface area contributed by atoms with Crippen molar-refractivity contribution >= 4 is 35.8 Å². The third kappa shape index (κ3) is 7.73. The van der Waals surface area contributed by atoms with Crippen molar-refractivity contribution < 1.29 is 9.18 Å². The molecule has 1 amide bonds. The molecule has 3 rings (SSSR count). The highest BCUT2D eigenvalue weighted by Gasteiger charge is 2.30. The van der Waals surface area contributed by atoms with Gasteiger partial charge in [-0.3, -0.25) is 14.7 Å². The molecule has 1 saturated carbocycles. The first kappa shape index (κ1) is 23.9. The first-order valence-electron chi connectivity index (χ1n) is 10.4. The number of carbonyl (C=O) groups excluding carboxylic acids is 1. The molecule has 1 unspecified atom stereocenters. The summed E-state index contributed by atoms with van der Waals surface area (Å²) in [6, 6.07) is 7.33. The van der Waals surface area contributed by atoms with Crippen molar-refractivity contribution in [3.05, 3.63) is 35.6 Å². The molecule has 1 atom stereocenters. The van der Waals surface area contributed by atoms with E-state index < -0.39 is 0 Å². The number of rotatable bonds is 7. The minimum Gasteiger partial charge on any atom is -0.355 e. The second-order valence-corrected chi connectivity index (χ2v) is 7.72.